The molecule has 0 aromatic heterocycles. The maximum absolute atomic E-state index is 12.8. The Morgan fingerprint density at radius 3 is 1.94 bits per heavy atom. The Morgan fingerprint density at radius 2 is 1.41 bits per heavy atom. The van der Waals surface area contributed by atoms with Crippen LogP contribution in [0.4, 0.5) is 11.4 Å². The number of benzene rings is 3. The van der Waals surface area contributed by atoms with Crippen LogP contribution in [0.5, 0.6) is 0 Å². The van der Waals surface area contributed by atoms with Crippen molar-refractivity contribution in [3.05, 3.63) is 95.6 Å². The molecule has 6 nitrogen and oxygen atoms in total. The first-order chi connectivity index (χ1) is 15.5. The number of nitrogens with one attached hydrogen (secondary N) is 1. The van der Waals surface area contributed by atoms with E-state index in [1.165, 1.54) is 11.1 Å². The van der Waals surface area contributed by atoms with Gasteiger partial charge in [-0.3, -0.25) is 14.5 Å². The summed E-state index contributed by atoms with van der Waals surface area (Å²) in [6.45, 7) is 4.27. The topological polar surface area (TPSA) is 78.7 Å². The molecular weight excluding hydrogens is 400 g/mol. The number of amides is 2. The zero-order valence-corrected chi connectivity index (χ0v) is 18.2. The van der Waals surface area contributed by atoms with E-state index in [9.17, 15) is 9.59 Å². The minimum Gasteiger partial charge on any atom is -0.397 e. The molecule has 0 bridgehead atoms. The lowest BCUT2D eigenvalue weighted by Gasteiger charge is -2.39. The minimum absolute atomic E-state index is 0.107. The molecule has 0 aliphatic carbocycles. The van der Waals surface area contributed by atoms with Gasteiger partial charge < -0.3 is 16.0 Å². The van der Waals surface area contributed by atoms with Gasteiger partial charge >= 0.3 is 11.8 Å². The molecule has 1 aliphatic heterocycles. The van der Waals surface area contributed by atoms with Gasteiger partial charge in [-0.15, -0.1) is 0 Å². The molecular formula is C26H28N4O2. The fourth-order valence-electron chi connectivity index (χ4n) is 4.18. The van der Waals surface area contributed by atoms with Crippen molar-refractivity contribution in [2.45, 2.75) is 13.0 Å². The van der Waals surface area contributed by atoms with Crippen LogP contribution in [-0.4, -0.2) is 47.8 Å². The fourth-order valence-corrected chi connectivity index (χ4v) is 4.18. The summed E-state index contributed by atoms with van der Waals surface area (Å²) >= 11 is 0. The number of hydrogen-bond donors (Lipinski definition) is 2. The third kappa shape index (κ3) is 4.81. The summed E-state index contributed by atoms with van der Waals surface area (Å²) in [5.41, 5.74) is 10.3. The SMILES string of the molecule is Cc1ccc(NC(=O)C(=O)N2CCN(C(c3ccccc3)c3ccccc3)CC2)c(N)c1. The Hall–Kier alpha value is -3.64. The lowest BCUT2D eigenvalue weighted by molar-refractivity contribution is -0.144. The summed E-state index contributed by atoms with van der Waals surface area (Å²) in [6.07, 6.45) is 0. The molecule has 4 rings (SSSR count). The number of hydrogen-bond acceptors (Lipinski definition) is 4. The van der Waals surface area contributed by atoms with E-state index in [0.29, 0.717) is 37.6 Å². The Bertz CT molecular complexity index is 1040. The van der Waals surface area contributed by atoms with Gasteiger partial charge in [0.1, 0.15) is 0 Å². The normalized spacial score (nSPS) is 14.4. The van der Waals surface area contributed by atoms with E-state index in [1.54, 1.807) is 17.0 Å². The molecule has 32 heavy (non-hydrogen) atoms. The molecule has 0 saturated carbocycles. The molecule has 1 heterocycles. The van der Waals surface area contributed by atoms with Crippen molar-refractivity contribution >= 4 is 23.2 Å². The summed E-state index contributed by atoms with van der Waals surface area (Å²) in [4.78, 5) is 29.3. The predicted octanol–water partition coefficient (Wildman–Crippen LogP) is 3.45. The number of aryl methyl sites for hydroxylation is 1. The third-order valence-electron chi connectivity index (χ3n) is 5.85. The first-order valence-electron chi connectivity index (χ1n) is 10.8. The second-order valence-electron chi connectivity index (χ2n) is 8.10. The number of piperazine rings is 1. The lowest BCUT2D eigenvalue weighted by atomic mass is 9.96. The van der Waals surface area contributed by atoms with E-state index in [2.05, 4.69) is 34.5 Å². The Labute approximate surface area is 188 Å². The summed E-state index contributed by atoms with van der Waals surface area (Å²) < 4.78 is 0. The molecule has 0 radical (unpaired) electrons. The van der Waals surface area contributed by atoms with E-state index in [0.717, 1.165) is 5.56 Å². The average molecular weight is 429 g/mol. The number of nitrogens with zero attached hydrogens (tertiary/aromatic N) is 2. The van der Waals surface area contributed by atoms with Gasteiger partial charge in [-0.05, 0) is 35.7 Å². The van der Waals surface area contributed by atoms with Gasteiger partial charge in [0.2, 0.25) is 0 Å². The number of anilines is 2. The van der Waals surface area contributed by atoms with Crippen LogP contribution in [0, 0.1) is 6.92 Å². The smallest absolute Gasteiger partial charge is 0.313 e. The highest BCUT2D eigenvalue weighted by Gasteiger charge is 2.30. The van der Waals surface area contributed by atoms with Gasteiger partial charge in [-0.1, -0.05) is 66.7 Å². The molecule has 0 spiro atoms. The summed E-state index contributed by atoms with van der Waals surface area (Å²) in [5.74, 6) is -1.18. The Balaban J connectivity index is 1.43. The second kappa shape index (κ2) is 9.66. The van der Waals surface area contributed by atoms with Crippen molar-refractivity contribution in [3.63, 3.8) is 0 Å². The van der Waals surface area contributed by atoms with Crippen LogP contribution in [0.1, 0.15) is 22.7 Å². The van der Waals surface area contributed by atoms with E-state index in [4.69, 9.17) is 5.73 Å². The van der Waals surface area contributed by atoms with Gasteiger partial charge in [0.05, 0.1) is 17.4 Å². The standard InChI is InChI=1S/C26H28N4O2/c1-19-12-13-23(22(27)18-19)28-25(31)26(32)30-16-14-29(15-17-30)24(20-8-4-2-5-9-20)21-10-6-3-7-11-21/h2-13,18,24H,14-17,27H2,1H3,(H,28,31). The number of nitrogens with two attached hydrogens (primary N) is 1. The van der Waals surface area contributed by atoms with Crippen LogP contribution >= 0.6 is 0 Å². The van der Waals surface area contributed by atoms with Crippen LogP contribution in [0.15, 0.2) is 78.9 Å². The van der Waals surface area contributed by atoms with Crippen LogP contribution in [-0.2, 0) is 9.59 Å². The van der Waals surface area contributed by atoms with Crippen LogP contribution in [0.3, 0.4) is 0 Å². The quantitative estimate of drug-likeness (QED) is 0.493. The maximum atomic E-state index is 12.8. The summed E-state index contributed by atoms with van der Waals surface area (Å²) in [7, 11) is 0. The maximum Gasteiger partial charge on any atom is 0.313 e. The number of rotatable bonds is 4. The molecule has 3 aromatic carbocycles. The van der Waals surface area contributed by atoms with E-state index >= 15 is 0 Å². The molecule has 0 unspecified atom stereocenters. The first-order valence-corrected chi connectivity index (χ1v) is 10.8. The van der Waals surface area contributed by atoms with Crippen LogP contribution < -0.4 is 11.1 Å². The first kappa shape index (κ1) is 21.6. The zero-order valence-electron chi connectivity index (χ0n) is 18.2. The highest BCUT2D eigenvalue weighted by atomic mass is 16.2. The van der Waals surface area contributed by atoms with Crippen molar-refractivity contribution in [2.24, 2.45) is 0 Å². The molecule has 6 heteroatoms. The minimum atomic E-state index is -0.656. The van der Waals surface area contributed by atoms with Crippen molar-refractivity contribution in [3.8, 4) is 0 Å². The highest BCUT2D eigenvalue weighted by molar-refractivity contribution is 6.39. The molecule has 1 fully saturated rings. The average Bonchev–Trinajstić information content (AvgIpc) is 2.82. The monoisotopic (exact) mass is 428 g/mol. The van der Waals surface area contributed by atoms with Crippen molar-refractivity contribution in [1.29, 1.82) is 0 Å². The van der Waals surface area contributed by atoms with E-state index in [1.807, 2.05) is 49.4 Å². The molecule has 164 valence electrons. The van der Waals surface area contributed by atoms with Crippen molar-refractivity contribution in [1.82, 2.24) is 9.80 Å². The summed E-state index contributed by atoms with van der Waals surface area (Å²) in [6, 6.07) is 26.2. The highest BCUT2D eigenvalue weighted by Crippen LogP contribution is 2.29. The van der Waals surface area contributed by atoms with E-state index < -0.39 is 11.8 Å². The number of carbonyl (C=O) groups excluding carboxylic acids is 2. The number of nitrogen functional groups attached to an aromatic ring is 1. The van der Waals surface area contributed by atoms with Crippen molar-refractivity contribution in [2.75, 3.05) is 37.2 Å². The Morgan fingerprint density at radius 1 is 0.844 bits per heavy atom. The molecule has 3 aromatic rings. The number of carbonyl (C=O) groups is 2. The predicted molar refractivity (Wildman–Crippen MR) is 127 cm³/mol. The molecule has 3 N–H and O–H groups in total. The largest absolute Gasteiger partial charge is 0.397 e. The molecule has 1 saturated heterocycles. The van der Waals surface area contributed by atoms with Crippen LogP contribution in [0.2, 0.25) is 0 Å². The fraction of sp³-hybridized carbons (Fsp3) is 0.231. The van der Waals surface area contributed by atoms with Crippen LogP contribution in [0.25, 0.3) is 0 Å². The zero-order chi connectivity index (χ0) is 22.5. The third-order valence-corrected chi connectivity index (χ3v) is 5.85. The summed E-state index contributed by atoms with van der Waals surface area (Å²) in [5, 5.41) is 2.65. The molecule has 2 amide bonds. The second-order valence-corrected chi connectivity index (χ2v) is 8.10. The van der Waals surface area contributed by atoms with Gasteiger partial charge in [0, 0.05) is 26.2 Å². The molecule has 1 aliphatic rings. The van der Waals surface area contributed by atoms with Gasteiger partial charge in [0.15, 0.2) is 0 Å². The lowest BCUT2D eigenvalue weighted by Crippen LogP contribution is -2.52. The van der Waals surface area contributed by atoms with Gasteiger partial charge in [-0.25, -0.2) is 0 Å². The Kier molecular flexibility index (Phi) is 6.52. The van der Waals surface area contributed by atoms with Crippen molar-refractivity contribution < 1.29 is 9.59 Å². The van der Waals surface area contributed by atoms with Gasteiger partial charge in [-0.2, -0.15) is 0 Å². The van der Waals surface area contributed by atoms with E-state index in [-0.39, 0.29) is 6.04 Å². The van der Waals surface area contributed by atoms with Gasteiger partial charge in [0.25, 0.3) is 0 Å². The molecule has 0 atom stereocenters.